The van der Waals surface area contributed by atoms with Crippen molar-refractivity contribution in [1.82, 2.24) is 23.9 Å². The van der Waals surface area contributed by atoms with Gasteiger partial charge in [-0.1, -0.05) is 87.8 Å². The number of aryl methyl sites for hydroxylation is 3. The quantitative estimate of drug-likeness (QED) is 0.150. The van der Waals surface area contributed by atoms with Crippen LogP contribution in [0.15, 0.2) is 103 Å². The molecule has 9 aromatic rings. The normalized spacial score (nSPS) is 11.8. The molecule has 0 unspecified atom stereocenters. The smallest absolute Gasteiger partial charge is 0.509 e. The fourth-order valence-electron chi connectivity index (χ4n) is 8.38. The molecule has 0 saturated heterocycles. The van der Waals surface area contributed by atoms with Gasteiger partial charge in [0.1, 0.15) is 5.82 Å². The number of para-hydroxylation sites is 3. The summed E-state index contributed by atoms with van der Waals surface area (Å²) in [5.41, 5.74) is 13.4. The molecule has 0 radical (unpaired) electrons. The van der Waals surface area contributed by atoms with Gasteiger partial charge in [0.25, 0.3) is 0 Å². The van der Waals surface area contributed by atoms with Gasteiger partial charge in [0.05, 0.1) is 22.4 Å². The summed E-state index contributed by atoms with van der Waals surface area (Å²) in [5.74, 6) is 2.75. The number of rotatable bonds is 7. The second-order valence-electron chi connectivity index (χ2n) is 15.1. The molecule has 7 heteroatoms. The largest absolute Gasteiger partial charge is 2.00 e. The van der Waals surface area contributed by atoms with Crippen molar-refractivity contribution in [1.29, 1.82) is 0 Å². The predicted molar refractivity (Wildman–Crippen MR) is 221 cm³/mol. The molecule has 4 heterocycles. The maximum Gasteiger partial charge on any atom is 2.00 e. The van der Waals surface area contributed by atoms with Crippen LogP contribution in [0.5, 0.6) is 11.5 Å². The number of hydrogen-bond donors (Lipinski definition) is 0. The van der Waals surface area contributed by atoms with Crippen molar-refractivity contribution in [3.8, 4) is 28.7 Å². The summed E-state index contributed by atoms with van der Waals surface area (Å²) in [6, 6.07) is 41.2. The molecule has 4 aromatic heterocycles. The third-order valence-electron chi connectivity index (χ3n) is 10.8. The van der Waals surface area contributed by atoms with Crippen molar-refractivity contribution in [3.63, 3.8) is 0 Å². The minimum absolute atomic E-state index is 0. The third-order valence-corrected chi connectivity index (χ3v) is 10.8. The number of pyridine rings is 1. The van der Waals surface area contributed by atoms with Crippen molar-refractivity contribution in [2.24, 2.45) is 0 Å². The first-order chi connectivity index (χ1) is 26.1. The molecule has 0 saturated carbocycles. The van der Waals surface area contributed by atoms with Crippen molar-refractivity contribution < 1.29 is 25.8 Å². The fourth-order valence-corrected chi connectivity index (χ4v) is 8.38. The van der Waals surface area contributed by atoms with E-state index in [1.165, 1.54) is 32.9 Å². The van der Waals surface area contributed by atoms with E-state index >= 15 is 0 Å². The summed E-state index contributed by atoms with van der Waals surface area (Å²) in [5, 5.41) is 9.43. The van der Waals surface area contributed by atoms with E-state index < -0.39 is 0 Å². The van der Waals surface area contributed by atoms with Crippen molar-refractivity contribution >= 4 is 43.6 Å². The molecular weight excluding hydrogens is 858 g/mol. The van der Waals surface area contributed by atoms with Crippen LogP contribution in [0.4, 0.5) is 0 Å². The summed E-state index contributed by atoms with van der Waals surface area (Å²) in [6.07, 6.45) is 2.03. The van der Waals surface area contributed by atoms with Gasteiger partial charge in [-0.2, -0.15) is 17.2 Å². The number of nitrogens with zero attached hydrogens (tertiary/aromatic N) is 5. The van der Waals surface area contributed by atoms with Crippen LogP contribution in [0.1, 0.15) is 73.2 Å². The minimum Gasteiger partial charge on any atom is -0.509 e. The second kappa shape index (κ2) is 14.0. The van der Waals surface area contributed by atoms with Crippen molar-refractivity contribution in [2.75, 3.05) is 0 Å². The van der Waals surface area contributed by atoms with E-state index in [1.807, 2.05) is 49.0 Å². The number of hydrogen-bond acceptors (Lipinski definition) is 3. The van der Waals surface area contributed by atoms with Crippen molar-refractivity contribution in [2.45, 2.75) is 67.2 Å². The topological polar surface area (TPSA) is 49.8 Å². The minimum atomic E-state index is 0. The third kappa shape index (κ3) is 5.90. The molecule has 0 aliphatic rings. The fraction of sp³-hybridized carbons (Fsp3) is 0.208. The number of ether oxygens (including phenoxy) is 1. The average Bonchev–Trinajstić information content (AvgIpc) is 3.80. The van der Waals surface area contributed by atoms with Gasteiger partial charge in [0, 0.05) is 45.2 Å². The summed E-state index contributed by atoms with van der Waals surface area (Å²) in [4.78, 5) is 5.21. The van der Waals surface area contributed by atoms with Crippen LogP contribution >= 0.6 is 0 Å². The summed E-state index contributed by atoms with van der Waals surface area (Å²) in [7, 11) is 0. The molecule has 0 atom stereocenters. The van der Waals surface area contributed by atoms with Gasteiger partial charge in [-0.25, -0.2) is 4.98 Å². The first-order valence-corrected chi connectivity index (χ1v) is 18.8. The first-order valence-electron chi connectivity index (χ1n) is 18.8. The Kier molecular flexibility index (Phi) is 9.30. The Hall–Kier alpha value is -5.45. The molecule has 6 nitrogen and oxygen atoms in total. The number of aromatic nitrogens is 5. The Morgan fingerprint density at radius 1 is 0.636 bits per heavy atom. The van der Waals surface area contributed by atoms with Crippen LogP contribution in [-0.4, -0.2) is 23.9 Å². The zero-order chi connectivity index (χ0) is 37.4. The Morgan fingerprint density at radius 2 is 1.27 bits per heavy atom. The Bertz CT molecular complexity index is 2860. The van der Waals surface area contributed by atoms with Crippen LogP contribution in [-0.2, 0) is 21.1 Å². The zero-order valence-electron chi connectivity index (χ0n) is 32.4. The molecule has 9 rings (SSSR count). The van der Waals surface area contributed by atoms with E-state index in [9.17, 15) is 0 Å². The summed E-state index contributed by atoms with van der Waals surface area (Å²) >= 11 is 0. The van der Waals surface area contributed by atoms with Crippen LogP contribution in [0.2, 0.25) is 0 Å². The van der Waals surface area contributed by atoms with Crippen LogP contribution in [0.25, 0.3) is 60.8 Å². The molecule has 0 spiro atoms. The van der Waals surface area contributed by atoms with E-state index in [1.54, 1.807) is 0 Å². The van der Waals surface area contributed by atoms with Gasteiger partial charge in [0.2, 0.25) is 0 Å². The predicted octanol–water partition coefficient (Wildman–Crippen LogP) is 12.3. The SMILES string of the molecule is Cc1cc(C)n(-c2[c-]c(Oc3[c-]c4c(cc3)c3ccccc3n4-c3ncc(C)c(-n4c5c(C(C)C)cccc5c5cccc(C(C)C)c54)c3C)ccc2)n1.[Pt+2]. The van der Waals surface area contributed by atoms with E-state index in [-0.39, 0.29) is 21.1 Å². The molecule has 0 aliphatic carbocycles. The Morgan fingerprint density at radius 3 is 1.93 bits per heavy atom. The maximum atomic E-state index is 6.49. The Balaban J connectivity index is 0.00000427. The van der Waals surface area contributed by atoms with E-state index in [0.29, 0.717) is 23.3 Å². The van der Waals surface area contributed by atoms with E-state index in [0.717, 1.165) is 61.5 Å². The summed E-state index contributed by atoms with van der Waals surface area (Å²) in [6.45, 7) is 17.6. The van der Waals surface area contributed by atoms with Gasteiger partial charge >= 0.3 is 21.1 Å². The molecule has 0 aliphatic heterocycles. The first kappa shape index (κ1) is 36.5. The standard InChI is InChI=1S/C48H43N5O.Pt/c1-28(2)37-17-12-19-41-42-20-13-18-38(29(3)4)47(42)52(46(37)41)45-30(5)27-49-48(33(45)8)51-43-21-10-9-16-39(43)40-23-22-36(26-44(40)51)54-35-15-11-14-34(25-35)53-32(7)24-31(6)50-53;/h9-24,27-29H,1-8H3;/q-2;+2. The van der Waals surface area contributed by atoms with Gasteiger partial charge in [-0.15, -0.1) is 35.7 Å². The van der Waals surface area contributed by atoms with Gasteiger partial charge in [-0.05, 0) is 79.4 Å². The molecule has 5 aromatic carbocycles. The van der Waals surface area contributed by atoms with Gasteiger partial charge < -0.3 is 13.9 Å². The molecule has 0 N–H and O–H groups in total. The molecule has 0 fully saturated rings. The molecular formula is C48H43N5OPt. The van der Waals surface area contributed by atoms with Crippen LogP contribution < -0.4 is 4.74 Å². The molecule has 276 valence electrons. The molecule has 0 bridgehead atoms. The maximum absolute atomic E-state index is 6.49. The Labute approximate surface area is 336 Å². The van der Waals surface area contributed by atoms with E-state index in [2.05, 4.69) is 141 Å². The van der Waals surface area contributed by atoms with Crippen LogP contribution in [0.3, 0.4) is 0 Å². The van der Waals surface area contributed by atoms with Gasteiger partial charge in [-0.3, -0.25) is 4.68 Å². The van der Waals surface area contributed by atoms with E-state index in [4.69, 9.17) is 9.72 Å². The molecule has 55 heavy (non-hydrogen) atoms. The number of fused-ring (bicyclic) bond motifs is 6. The molecule has 0 amide bonds. The zero-order valence-corrected chi connectivity index (χ0v) is 34.7. The summed E-state index contributed by atoms with van der Waals surface area (Å²) < 4.78 is 13.2. The van der Waals surface area contributed by atoms with Gasteiger partial charge in [0.15, 0.2) is 0 Å². The average molecular weight is 901 g/mol. The van der Waals surface area contributed by atoms with Crippen LogP contribution in [0, 0.1) is 39.8 Å². The number of benzene rings is 5. The van der Waals surface area contributed by atoms with Crippen molar-refractivity contribution in [3.05, 3.63) is 149 Å². The monoisotopic (exact) mass is 900 g/mol. The second-order valence-corrected chi connectivity index (χ2v) is 15.1.